The predicted molar refractivity (Wildman–Crippen MR) is 93.0 cm³/mol. The minimum atomic E-state index is -0.496. The molecule has 0 saturated heterocycles. The first-order valence-corrected chi connectivity index (χ1v) is 7.52. The highest BCUT2D eigenvalue weighted by Gasteiger charge is 2.12. The van der Waals surface area contributed by atoms with Crippen LogP contribution in [0, 0.1) is 5.82 Å². The van der Waals surface area contributed by atoms with E-state index in [-0.39, 0.29) is 11.3 Å². The fourth-order valence-electron chi connectivity index (χ4n) is 2.21. The second-order valence-electron chi connectivity index (χ2n) is 5.18. The zero-order chi connectivity index (χ0) is 17.6. The zero-order valence-electron chi connectivity index (χ0n) is 13.1. The van der Waals surface area contributed by atoms with E-state index in [1.54, 1.807) is 42.5 Å². The van der Waals surface area contributed by atoms with E-state index in [9.17, 15) is 14.0 Å². The molecule has 1 aromatic heterocycles. The number of nitrogens with zero attached hydrogens (tertiary/aromatic N) is 1. The molecule has 2 aromatic carbocycles. The summed E-state index contributed by atoms with van der Waals surface area (Å²) in [5, 5.41) is 5.37. The van der Waals surface area contributed by atoms with Gasteiger partial charge in [0.25, 0.3) is 11.8 Å². The van der Waals surface area contributed by atoms with E-state index in [2.05, 4.69) is 15.6 Å². The summed E-state index contributed by atoms with van der Waals surface area (Å²) in [6.45, 7) is 0. The first kappa shape index (κ1) is 16.3. The van der Waals surface area contributed by atoms with E-state index >= 15 is 0 Å². The predicted octanol–water partition coefficient (Wildman–Crippen LogP) is 3.73. The Bertz CT molecular complexity index is 913. The van der Waals surface area contributed by atoms with Crippen LogP contribution in [0.25, 0.3) is 0 Å². The maximum Gasteiger partial charge on any atom is 0.274 e. The Hall–Kier alpha value is -3.54. The van der Waals surface area contributed by atoms with Crippen LogP contribution in [0.5, 0.6) is 0 Å². The number of rotatable bonds is 4. The van der Waals surface area contributed by atoms with Crippen molar-refractivity contribution in [1.29, 1.82) is 0 Å². The van der Waals surface area contributed by atoms with Crippen LogP contribution < -0.4 is 10.6 Å². The van der Waals surface area contributed by atoms with Gasteiger partial charge in [0.1, 0.15) is 11.5 Å². The van der Waals surface area contributed by atoms with Gasteiger partial charge in [-0.1, -0.05) is 24.3 Å². The van der Waals surface area contributed by atoms with E-state index < -0.39 is 17.6 Å². The van der Waals surface area contributed by atoms with Gasteiger partial charge in [-0.25, -0.2) is 4.39 Å². The number of benzene rings is 2. The van der Waals surface area contributed by atoms with Crippen molar-refractivity contribution in [2.45, 2.75) is 0 Å². The Balaban J connectivity index is 1.79. The van der Waals surface area contributed by atoms with Crippen molar-refractivity contribution < 1.29 is 14.0 Å². The van der Waals surface area contributed by atoms with Crippen LogP contribution >= 0.6 is 0 Å². The van der Waals surface area contributed by atoms with Crippen LogP contribution in [0.1, 0.15) is 20.8 Å². The molecule has 0 aliphatic carbocycles. The first-order valence-electron chi connectivity index (χ1n) is 7.52. The maximum absolute atomic E-state index is 13.3. The van der Waals surface area contributed by atoms with E-state index in [1.807, 2.05) is 0 Å². The number of hydrogen-bond acceptors (Lipinski definition) is 3. The number of carbonyl (C=O) groups is 2. The molecule has 0 fully saturated rings. The van der Waals surface area contributed by atoms with Gasteiger partial charge in [-0.3, -0.25) is 14.6 Å². The Kier molecular flexibility index (Phi) is 4.80. The van der Waals surface area contributed by atoms with Crippen LogP contribution in [0.4, 0.5) is 15.8 Å². The molecule has 0 radical (unpaired) electrons. The minimum absolute atomic E-state index is 0.186. The lowest BCUT2D eigenvalue weighted by Crippen LogP contribution is -2.17. The molecule has 0 saturated carbocycles. The van der Waals surface area contributed by atoms with E-state index in [1.165, 1.54) is 24.4 Å². The molecular formula is C19H14FN3O2. The average Bonchev–Trinajstić information content (AvgIpc) is 2.64. The highest BCUT2D eigenvalue weighted by molar-refractivity contribution is 6.09. The first-order chi connectivity index (χ1) is 12.1. The van der Waals surface area contributed by atoms with Crippen LogP contribution in [-0.4, -0.2) is 16.8 Å². The summed E-state index contributed by atoms with van der Waals surface area (Å²) in [6, 6.07) is 17.1. The summed E-state index contributed by atoms with van der Waals surface area (Å²) in [6.07, 6.45) is 1.52. The number of nitrogens with one attached hydrogen (secondary N) is 2. The summed E-state index contributed by atoms with van der Waals surface area (Å²) in [5.41, 5.74) is 1.27. The Labute approximate surface area is 143 Å². The maximum atomic E-state index is 13.3. The fourth-order valence-corrected chi connectivity index (χ4v) is 2.21. The number of anilines is 2. The number of halogens is 1. The number of para-hydroxylation sites is 2. The number of amides is 2. The molecule has 0 bridgehead atoms. The van der Waals surface area contributed by atoms with Crippen molar-refractivity contribution in [3.05, 3.63) is 90.0 Å². The summed E-state index contributed by atoms with van der Waals surface area (Å²) in [7, 11) is 0. The standard InChI is InChI=1S/C19H14FN3O2/c20-14-7-5-6-13(12-14)18(24)22-15-8-1-2-9-16(15)23-19(25)17-10-3-4-11-21-17/h1-12H,(H,22,24)(H,23,25). The third-order valence-corrected chi connectivity index (χ3v) is 3.41. The average molecular weight is 335 g/mol. The van der Waals surface area contributed by atoms with E-state index in [0.29, 0.717) is 11.4 Å². The summed E-state index contributed by atoms with van der Waals surface area (Å²) < 4.78 is 13.3. The molecule has 3 aromatic rings. The van der Waals surface area contributed by atoms with Crippen LogP contribution in [-0.2, 0) is 0 Å². The van der Waals surface area contributed by atoms with Gasteiger partial charge in [0, 0.05) is 11.8 Å². The third-order valence-electron chi connectivity index (χ3n) is 3.41. The molecule has 124 valence electrons. The topological polar surface area (TPSA) is 71.1 Å². The SMILES string of the molecule is O=C(Nc1ccccc1NC(=O)c1ccccn1)c1cccc(F)c1. The van der Waals surface area contributed by atoms with Crippen molar-refractivity contribution in [2.75, 3.05) is 10.6 Å². The summed E-state index contributed by atoms with van der Waals surface area (Å²) in [5.74, 6) is -1.36. The van der Waals surface area contributed by atoms with Gasteiger partial charge < -0.3 is 10.6 Å². The lowest BCUT2D eigenvalue weighted by atomic mass is 10.2. The molecule has 6 heteroatoms. The highest BCUT2D eigenvalue weighted by Crippen LogP contribution is 2.22. The smallest absolute Gasteiger partial charge is 0.274 e. The molecule has 0 aliphatic heterocycles. The second kappa shape index (κ2) is 7.35. The number of hydrogen-bond donors (Lipinski definition) is 2. The van der Waals surface area contributed by atoms with Crippen molar-refractivity contribution in [3.63, 3.8) is 0 Å². The van der Waals surface area contributed by atoms with Gasteiger partial charge in [0.15, 0.2) is 0 Å². The largest absolute Gasteiger partial charge is 0.320 e. The molecule has 2 N–H and O–H groups in total. The van der Waals surface area contributed by atoms with E-state index in [0.717, 1.165) is 6.07 Å². The van der Waals surface area contributed by atoms with Gasteiger partial charge in [0.05, 0.1) is 11.4 Å². The van der Waals surface area contributed by atoms with Gasteiger partial charge in [-0.2, -0.15) is 0 Å². The van der Waals surface area contributed by atoms with Crippen molar-refractivity contribution in [1.82, 2.24) is 4.98 Å². The molecule has 3 rings (SSSR count). The molecule has 0 aliphatic rings. The van der Waals surface area contributed by atoms with Crippen molar-refractivity contribution >= 4 is 23.2 Å². The van der Waals surface area contributed by atoms with Gasteiger partial charge in [-0.05, 0) is 42.5 Å². The molecule has 2 amide bonds. The molecular weight excluding hydrogens is 321 g/mol. The van der Waals surface area contributed by atoms with Crippen LogP contribution in [0.3, 0.4) is 0 Å². The third kappa shape index (κ3) is 4.06. The van der Waals surface area contributed by atoms with Crippen molar-refractivity contribution in [3.8, 4) is 0 Å². The quantitative estimate of drug-likeness (QED) is 0.763. The molecule has 0 unspecified atom stereocenters. The van der Waals surface area contributed by atoms with Crippen LogP contribution in [0.15, 0.2) is 72.9 Å². The van der Waals surface area contributed by atoms with Gasteiger partial charge in [0.2, 0.25) is 0 Å². The molecule has 1 heterocycles. The highest BCUT2D eigenvalue weighted by atomic mass is 19.1. The summed E-state index contributed by atoms with van der Waals surface area (Å²) in [4.78, 5) is 28.5. The second-order valence-corrected chi connectivity index (χ2v) is 5.18. The fraction of sp³-hybridized carbons (Fsp3) is 0. The number of aromatic nitrogens is 1. The van der Waals surface area contributed by atoms with Gasteiger partial charge >= 0.3 is 0 Å². The number of carbonyl (C=O) groups excluding carboxylic acids is 2. The monoisotopic (exact) mass is 335 g/mol. The minimum Gasteiger partial charge on any atom is -0.320 e. The lowest BCUT2D eigenvalue weighted by Gasteiger charge is -2.12. The zero-order valence-corrected chi connectivity index (χ0v) is 13.1. The summed E-state index contributed by atoms with van der Waals surface area (Å²) >= 11 is 0. The Morgan fingerprint density at radius 2 is 1.48 bits per heavy atom. The molecule has 0 spiro atoms. The number of pyridine rings is 1. The Morgan fingerprint density at radius 1 is 0.800 bits per heavy atom. The lowest BCUT2D eigenvalue weighted by molar-refractivity contribution is 0.101. The molecule has 0 atom stereocenters. The Morgan fingerprint density at radius 3 is 2.12 bits per heavy atom. The molecule has 25 heavy (non-hydrogen) atoms. The van der Waals surface area contributed by atoms with Crippen molar-refractivity contribution in [2.24, 2.45) is 0 Å². The van der Waals surface area contributed by atoms with Crippen LogP contribution in [0.2, 0.25) is 0 Å². The molecule has 5 nitrogen and oxygen atoms in total. The van der Waals surface area contributed by atoms with Gasteiger partial charge in [-0.15, -0.1) is 0 Å². The van der Waals surface area contributed by atoms with E-state index in [4.69, 9.17) is 0 Å². The normalized spacial score (nSPS) is 10.1.